The number of hydrogen-bond acceptors (Lipinski definition) is 4. The highest BCUT2D eigenvalue weighted by atomic mass is 32.2. The largest absolute Gasteiger partial charge is 0.322 e. The topological polar surface area (TPSA) is 95.6 Å². The zero-order valence-electron chi connectivity index (χ0n) is 21.4. The van der Waals surface area contributed by atoms with Crippen LogP contribution in [0.5, 0.6) is 0 Å². The van der Waals surface area contributed by atoms with E-state index >= 15 is 0 Å². The Balaban J connectivity index is 1.59. The van der Waals surface area contributed by atoms with Gasteiger partial charge in [0.25, 0.3) is 5.91 Å². The van der Waals surface area contributed by atoms with Gasteiger partial charge in [0, 0.05) is 30.9 Å². The van der Waals surface area contributed by atoms with Gasteiger partial charge >= 0.3 is 0 Å². The molecule has 7 nitrogen and oxygen atoms in total. The number of aryl methyl sites for hydroxylation is 1. The fourth-order valence-corrected chi connectivity index (χ4v) is 5.24. The van der Waals surface area contributed by atoms with E-state index in [2.05, 4.69) is 10.0 Å². The number of carbonyl (C=O) groups is 2. The summed E-state index contributed by atoms with van der Waals surface area (Å²) in [5, 5.41) is 2.81. The Kier molecular flexibility index (Phi) is 8.05. The minimum atomic E-state index is -3.99. The van der Waals surface area contributed by atoms with Crippen molar-refractivity contribution >= 4 is 33.2 Å². The molecule has 38 heavy (non-hydrogen) atoms. The molecule has 0 atom stereocenters. The molecule has 0 fully saturated rings. The van der Waals surface area contributed by atoms with Crippen molar-refractivity contribution in [1.29, 1.82) is 0 Å². The lowest BCUT2D eigenvalue weighted by Gasteiger charge is -2.20. The number of benzene rings is 4. The monoisotopic (exact) mass is 527 g/mol. The maximum absolute atomic E-state index is 13.5. The van der Waals surface area contributed by atoms with Gasteiger partial charge in [0.05, 0.1) is 10.9 Å². The summed E-state index contributed by atoms with van der Waals surface area (Å²) in [7, 11) is -2.33. The third kappa shape index (κ3) is 6.16. The Bertz CT molecular complexity index is 1500. The second-order valence-corrected chi connectivity index (χ2v) is 10.6. The third-order valence-corrected chi connectivity index (χ3v) is 7.71. The van der Waals surface area contributed by atoms with Gasteiger partial charge < -0.3 is 10.2 Å². The number of amides is 2. The van der Waals surface area contributed by atoms with Crippen LogP contribution in [0.4, 0.5) is 11.4 Å². The molecule has 0 bridgehead atoms. The summed E-state index contributed by atoms with van der Waals surface area (Å²) < 4.78 is 29.8. The van der Waals surface area contributed by atoms with Gasteiger partial charge in [-0.05, 0) is 60.0 Å². The number of hydrogen-bond donors (Lipinski definition) is 2. The van der Waals surface area contributed by atoms with Gasteiger partial charge in [0.2, 0.25) is 15.9 Å². The molecule has 0 aliphatic rings. The van der Waals surface area contributed by atoms with Crippen LogP contribution < -0.4 is 14.9 Å². The van der Waals surface area contributed by atoms with E-state index in [-0.39, 0.29) is 16.4 Å². The molecule has 0 radical (unpaired) electrons. The second-order valence-electron chi connectivity index (χ2n) is 8.93. The molecule has 0 aliphatic carbocycles. The quantitative estimate of drug-likeness (QED) is 0.325. The molecule has 0 saturated carbocycles. The van der Waals surface area contributed by atoms with Crippen LogP contribution in [0.1, 0.15) is 40.0 Å². The van der Waals surface area contributed by atoms with E-state index in [1.165, 1.54) is 24.0 Å². The first kappa shape index (κ1) is 26.8. The van der Waals surface area contributed by atoms with Crippen molar-refractivity contribution in [1.82, 2.24) is 4.72 Å². The highest BCUT2D eigenvalue weighted by Gasteiger charge is 2.24. The van der Waals surface area contributed by atoms with E-state index in [0.717, 1.165) is 11.1 Å². The van der Waals surface area contributed by atoms with E-state index in [1.807, 2.05) is 60.7 Å². The van der Waals surface area contributed by atoms with E-state index in [0.29, 0.717) is 16.9 Å². The molecule has 2 N–H and O–H groups in total. The van der Waals surface area contributed by atoms with Gasteiger partial charge in [-0.2, -0.15) is 4.72 Å². The SMILES string of the molecule is CC(=O)N(C)c1ccc(NC(=O)c2cc(S(=O)(=O)NC(c3ccccc3)c3ccccc3)ccc2C)cc1. The molecule has 2 amide bonds. The third-order valence-electron chi connectivity index (χ3n) is 6.29. The fourth-order valence-electron chi connectivity index (χ4n) is 4.00. The summed E-state index contributed by atoms with van der Waals surface area (Å²) >= 11 is 0. The van der Waals surface area contributed by atoms with Crippen LogP contribution in [0, 0.1) is 6.92 Å². The Morgan fingerprint density at radius 1 is 0.789 bits per heavy atom. The van der Waals surface area contributed by atoms with Gasteiger partial charge in [-0.3, -0.25) is 9.59 Å². The van der Waals surface area contributed by atoms with Crippen molar-refractivity contribution in [2.75, 3.05) is 17.3 Å². The smallest absolute Gasteiger partial charge is 0.255 e. The zero-order valence-corrected chi connectivity index (χ0v) is 22.2. The first-order chi connectivity index (χ1) is 18.2. The molecule has 0 aromatic heterocycles. The molecule has 8 heteroatoms. The molecule has 0 heterocycles. The Hall–Kier alpha value is -4.27. The zero-order chi connectivity index (χ0) is 27.3. The average molecular weight is 528 g/mol. The van der Waals surface area contributed by atoms with Crippen LogP contribution >= 0.6 is 0 Å². The van der Waals surface area contributed by atoms with Crippen LogP contribution in [0.25, 0.3) is 0 Å². The summed E-state index contributed by atoms with van der Waals surface area (Å²) in [5.41, 5.74) is 3.69. The molecule has 4 aromatic rings. The predicted molar refractivity (Wildman–Crippen MR) is 150 cm³/mol. The van der Waals surface area contributed by atoms with E-state index in [9.17, 15) is 18.0 Å². The lowest BCUT2D eigenvalue weighted by molar-refractivity contribution is -0.116. The molecule has 4 aromatic carbocycles. The Morgan fingerprint density at radius 3 is 1.87 bits per heavy atom. The Morgan fingerprint density at radius 2 is 1.34 bits per heavy atom. The molecular weight excluding hydrogens is 498 g/mol. The van der Waals surface area contributed by atoms with E-state index in [4.69, 9.17) is 0 Å². The number of anilines is 2. The maximum Gasteiger partial charge on any atom is 0.255 e. The minimum absolute atomic E-state index is 0.0106. The Labute approximate surface area is 223 Å². The van der Waals surface area contributed by atoms with Crippen molar-refractivity contribution in [2.45, 2.75) is 24.8 Å². The van der Waals surface area contributed by atoms with E-state index < -0.39 is 22.0 Å². The first-order valence-corrected chi connectivity index (χ1v) is 13.5. The highest BCUT2D eigenvalue weighted by Crippen LogP contribution is 2.26. The first-order valence-electron chi connectivity index (χ1n) is 12.0. The summed E-state index contributed by atoms with van der Waals surface area (Å²) in [6, 6.07) is 29.4. The number of carbonyl (C=O) groups excluding carboxylic acids is 2. The van der Waals surface area contributed by atoms with Crippen molar-refractivity contribution in [3.63, 3.8) is 0 Å². The van der Waals surface area contributed by atoms with Crippen molar-refractivity contribution < 1.29 is 18.0 Å². The minimum Gasteiger partial charge on any atom is -0.322 e. The molecule has 0 unspecified atom stereocenters. The lowest BCUT2D eigenvalue weighted by atomic mass is 10.00. The van der Waals surface area contributed by atoms with Gasteiger partial charge in [-0.15, -0.1) is 0 Å². The summed E-state index contributed by atoms with van der Waals surface area (Å²) in [6.07, 6.45) is 0. The lowest BCUT2D eigenvalue weighted by Crippen LogP contribution is -2.29. The van der Waals surface area contributed by atoms with Gasteiger partial charge in [0.15, 0.2) is 0 Å². The average Bonchev–Trinajstić information content (AvgIpc) is 2.92. The molecule has 0 saturated heterocycles. The fraction of sp³-hybridized carbons (Fsp3) is 0.133. The summed E-state index contributed by atoms with van der Waals surface area (Å²) in [6.45, 7) is 3.22. The molecule has 0 aliphatic heterocycles. The van der Waals surface area contributed by atoms with Crippen molar-refractivity contribution in [2.24, 2.45) is 0 Å². The summed E-state index contributed by atoms with van der Waals surface area (Å²) in [5.74, 6) is -0.541. The van der Waals surface area contributed by atoms with Crippen LogP contribution in [-0.2, 0) is 14.8 Å². The summed E-state index contributed by atoms with van der Waals surface area (Å²) in [4.78, 5) is 26.2. The predicted octanol–water partition coefficient (Wildman–Crippen LogP) is 5.30. The number of sulfonamides is 1. The molecule has 4 rings (SSSR count). The number of rotatable bonds is 8. The van der Waals surface area contributed by atoms with Gasteiger partial charge in [0.1, 0.15) is 0 Å². The number of nitrogens with zero attached hydrogens (tertiary/aromatic N) is 1. The van der Waals surface area contributed by atoms with Crippen molar-refractivity contribution in [3.8, 4) is 0 Å². The normalized spacial score (nSPS) is 11.3. The number of nitrogens with one attached hydrogen (secondary N) is 2. The van der Waals surface area contributed by atoms with Crippen LogP contribution in [0.3, 0.4) is 0 Å². The highest BCUT2D eigenvalue weighted by molar-refractivity contribution is 7.89. The van der Waals surface area contributed by atoms with Gasteiger partial charge in [-0.1, -0.05) is 66.7 Å². The van der Waals surface area contributed by atoms with Crippen LogP contribution in [0.15, 0.2) is 108 Å². The van der Waals surface area contributed by atoms with Crippen LogP contribution in [-0.4, -0.2) is 27.3 Å². The van der Waals surface area contributed by atoms with Gasteiger partial charge in [-0.25, -0.2) is 8.42 Å². The van der Waals surface area contributed by atoms with Crippen molar-refractivity contribution in [3.05, 3.63) is 125 Å². The van der Waals surface area contributed by atoms with Crippen LogP contribution in [0.2, 0.25) is 0 Å². The second kappa shape index (κ2) is 11.4. The van der Waals surface area contributed by atoms with E-state index in [1.54, 1.807) is 44.3 Å². The standard InChI is InChI=1S/C30H29N3O4S/c1-21-14-19-27(20-28(21)30(35)31-25-15-17-26(18-16-25)33(3)22(2)34)38(36,37)32-29(23-10-6-4-7-11-23)24-12-8-5-9-13-24/h4-20,29,32H,1-3H3,(H,31,35). The molecular formula is C30H29N3O4S. The molecule has 0 spiro atoms. The molecule has 194 valence electrons. The maximum atomic E-state index is 13.5.